The summed E-state index contributed by atoms with van der Waals surface area (Å²) in [5.74, 6) is -0.131. The van der Waals surface area contributed by atoms with Gasteiger partial charge in [0.05, 0.1) is 43.4 Å². The number of likely N-dealkylation sites (tertiary alicyclic amines) is 1. The van der Waals surface area contributed by atoms with Crippen LogP contribution >= 0.6 is 0 Å². The molecule has 6 fully saturated rings. The third-order valence-electron chi connectivity index (χ3n) is 11.3. The second-order valence-electron chi connectivity index (χ2n) is 14.4. The minimum Gasteiger partial charge on any atom is -0.404 e. The van der Waals surface area contributed by atoms with Crippen molar-refractivity contribution < 1.29 is 33.5 Å². The summed E-state index contributed by atoms with van der Waals surface area (Å²) in [5.41, 5.74) is 0.976. The molecule has 246 valence electrons. The molecule has 0 radical (unpaired) electrons. The molecule has 3 saturated carbocycles. The van der Waals surface area contributed by atoms with Gasteiger partial charge >= 0.3 is 13.1 Å². The van der Waals surface area contributed by atoms with Crippen LogP contribution in [-0.2, 0) is 30.1 Å². The molecule has 0 spiro atoms. The molecule has 3 aliphatic heterocycles. The number of ether oxygens (including phenoxy) is 1. The first-order chi connectivity index (χ1) is 21.5. The summed E-state index contributed by atoms with van der Waals surface area (Å²) in [6.45, 7) is 9.18. The van der Waals surface area contributed by atoms with Gasteiger partial charge in [-0.15, -0.1) is 0 Å². The summed E-state index contributed by atoms with van der Waals surface area (Å²) < 4.78 is 18.8. The fourth-order valence-corrected chi connectivity index (χ4v) is 8.29. The minimum absolute atomic E-state index is 0.0345. The molecule has 11 nitrogen and oxygen atoms in total. The molecule has 45 heavy (non-hydrogen) atoms. The van der Waals surface area contributed by atoms with Crippen molar-refractivity contribution in [3.05, 3.63) is 35.9 Å². The van der Waals surface area contributed by atoms with Gasteiger partial charge in [-0.05, 0) is 68.3 Å². The zero-order valence-corrected chi connectivity index (χ0v) is 26.9. The van der Waals surface area contributed by atoms with Gasteiger partial charge in [0.25, 0.3) is 0 Å². The molecule has 7 atom stereocenters. The van der Waals surface area contributed by atoms with Gasteiger partial charge in [0.1, 0.15) is 6.04 Å². The van der Waals surface area contributed by atoms with Crippen molar-refractivity contribution in [3.8, 4) is 0 Å². The molecule has 3 aliphatic carbocycles. The van der Waals surface area contributed by atoms with Crippen LogP contribution in [0.25, 0.3) is 0 Å². The highest BCUT2D eigenvalue weighted by atomic mass is 16.7. The highest BCUT2D eigenvalue weighted by Gasteiger charge is 2.68. The highest BCUT2D eigenvalue weighted by Crippen LogP contribution is 2.65. The van der Waals surface area contributed by atoms with Gasteiger partial charge in [0, 0.05) is 26.2 Å². The molecule has 1 aromatic rings. The lowest BCUT2D eigenvalue weighted by molar-refractivity contribution is -0.199. The Labute approximate surface area is 266 Å². The number of amides is 4. The average molecular weight is 625 g/mol. The molecule has 3 N–H and O–H groups in total. The number of hydrogen-bond donors (Lipinski definition) is 3. The van der Waals surface area contributed by atoms with Crippen molar-refractivity contribution >= 4 is 25.0 Å². The van der Waals surface area contributed by atoms with E-state index in [4.69, 9.17) is 14.0 Å². The molecule has 4 amide bonds. The molecule has 7 rings (SSSR count). The van der Waals surface area contributed by atoms with Gasteiger partial charge in [-0.3, -0.25) is 9.59 Å². The van der Waals surface area contributed by atoms with Crippen LogP contribution < -0.4 is 10.6 Å². The summed E-state index contributed by atoms with van der Waals surface area (Å²) in [6, 6.07) is 8.68. The van der Waals surface area contributed by atoms with Crippen LogP contribution in [0.15, 0.2) is 30.3 Å². The van der Waals surface area contributed by atoms with E-state index in [0.717, 1.165) is 25.7 Å². The van der Waals surface area contributed by atoms with E-state index in [1.54, 1.807) is 4.90 Å². The number of aryl methyl sites for hydroxylation is 1. The van der Waals surface area contributed by atoms with Gasteiger partial charge < -0.3 is 39.6 Å². The Morgan fingerprint density at radius 1 is 1.04 bits per heavy atom. The number of hydrogen-bond acceptors (Lipinski definition) is 7. The molecule has 2 bridgehead atoms. The predicted molar refractivity (Wildman–Crippen MR) is 168 cm³/mol. The molecular formula is C33H49BN4O7. The fourth-order valence-electron chi connectivity index (χ4n) is 8.29. The number of aliphatic hydroxyl groups is 1. The topological polar surface area (TPSA) is 130 Å². The van der Waals surface area contributed by atoms with Gasteiger partial charge in [-0.2, -0.15) is 0 Å². The molecule has 2 unspecified atom stereocenters. The summed E-state index contributed by atoms with van der Waals surface area (Å²) in [4.78, 5) is 43.7. The minimum atomic E-state index is -1.09. The first-order valence-corrected chi connectivity index (χ1v) is 16.8. The number of carbonyl (C=O) groups excluding carboxylic acids is 3. The number of urea groups is 1. The number of nitrogens with one attached hydrogen (secondary N) is 2. The predicted octanol–water partition coefficient (Wildman–Crippen LogP) is 2.16. The van der Waals surface area contributed by atoms with E-state index in [1.165, 1.54) is 10.5 Å². The summed E-state index contributed by atoms with van der Waals surface area (Å²) in [6.07, 6.45) is 4.00. The number of rotatable bonds is 10. The van der Waals surface area contributed by atoms with Crippen LogP contribution in [-0.4, -0.2) is 109 Å². The number of aliphatic hydroxyl groups excluding tert-OH is 1. The van der Waals surface area contributed by atoms with E-state index < -0.39 is 42.7 Å². The number of morpholine rings is 1. The van der Waals surface area contributed by atoms with Crippen molar-refractivity contribution in [3.63, 3.8) is 0 Å². The molecule has 0 aromatic heterocycles. The number of benzene rings is 1. The smallest absolute Gasteiger partial charge is 0.404 e. The second kappa shape index (κ2) is 13.2. The Kier molecular flexibility index (Phi) is 9.48. The first kappa shape index (κ1) is 32.3. The van der Waals surface area contributed by atoms with E-state index in [9.17, 15) is 19.5 Å². The fraction of sp³-hybridized carbons (Fsp3) is 0.727. The van der Waals surface area contributed by atoms with E-state index in [1.807, 2.05) is 18.2 Å². The Hall–Kier alpha value is -2.67. The lowest BCUT2D eigenvalue weighted by atomic mass is 9.43. The van der Waals surface area contributed by atoms with Crippen molar-refractivity contribution in [1.29, 1.82) is 0 Å². The highest BCUT2D eigenvalue weighted by molar-refractivity contribution is 6.48. The molecule has 12 heteroatoms. The second-order valence-corrected chi connectivity index (χ2v) is 14.4. The summed E-state index contributed by atoms with van der Waals surface area (Å²) in [5, 5.41) is 16.0. The van der Waals surface area contributed by atoms with E-state index in [0.29, 0.717) is 57.5 Å². The maximum Gasteiger partial charge on any atom is 0.481 e. The van der Waals surface area contributed by atoms with Crippen LogP contribution in [0, 0.1) is 17.3 Å². The Bertz CT molecular complexity index is 1210. The lowest BCUT2D eigenvalue weighted by Crippen LogP contribution is -2.65. The van der Waals surface area contributed by atoms with Crippen molar-refractivity contribution in [2.24, 2.45) is 17.3 Å². The van der Waals surface area contributed by atoms with Crippen molar-refractivity contribution in [2.75, 3.05) is 39.4 Å². The third kappa shape index (κ3) is 6.75. The van der Waals surface area contributed by atoms with Crippen LogP contribution in [0.2, 0.25) is 0 Å². The molecule has 6 aliphatic rings. The third-order valence-corrected chi connectivity index (χ3v) is 11.3. The maximum absolute atomic E-state index is 14.0. The van der Waals surface area contributed by atoms with E-state index in [-0.39, 0.29) is 30.4 Å². The lowest BCUT2D eigenvalue weighted by Gasteiger charge is -2.64. The van der Waals surface area contributed by atoms with Gasteiger partial charge in [-0.25, -0.2) is 4.79 Å². The van der Waals surface area contributed by atoms with Crippen molar-refractivity contribution in [1.82, 2.24) is 20.4 Å². The standard InChI is InChI=1S/C33H49BN4O7/c1-32(2)23-18-26(32)33(3)27(19-23)44-34(45-33)28(11-7-10-22-8-5-4-6-9-22)36-30(41)25(20-29(40)37-14-16-43-17-15-37)35-31(42)38-13-12-24(39)21-38/h4-6,8-9,23-28,39H,7,10-21H2,1-3H3,(H,35,42)(H,36,41)/t23-,24-,25?,26-,27+,28?,33-/m0/s1. The van der Waals surface area contributed by atoms with Gasteiger partial charge in [0.15, 0.2) is 0 Å². The van der Waals surface area contributed by atoms with Crippen LogP contribution in [0.5, 0.6) is 0 Å². The Morgan fingerprint density at radius 2 is 1.80 bits per heavy atom. The van der Waals surface area contributed by atoms with Crippen LogP contribution in [0.4, 0.5) is 4.79 Å². The summed E-state index contributed by atoms with van der Waals surface area (Å²) >= 11 is 0. The Balaban J connectivity index is 1.18. The monoisotopic (exact) mass is 624 g/mol. The van der Waals surface area contributed by atoms with E-state index in [2.05, 4.69) is 43.5 Å². The zero-order chi connectivity index (χ0) is 31.8. The summed E-state index contributed by atoms with van der Waals surface area (Å²) in [7, 11) is -0.630. The van der Waals surface area contributed by atoms with Crippen molar-refractivity contribution in [2.45, 2.75) is 95.5 Å². The Morgan fingerprint density at radius 3 is 2.49 bits per heavy atom. The van der Waals surface area contributed by atoms with Crippen LogP contribution in [0.1, 0.15) is 64.9 Å². The van der Waals surface area contributed by atoms with E-state index >= 15 is 0 Å². The van der Waals surface area contributed by atoms with Gasteiger partial charge in [0.2, 0.25) is 11.8 Å². The number of carbonyl (C=O) groups is 3. The SMILES string of the molecule is CC1(C)[C@@H]2C[C@H]3OB(C(CCCc4ccccc4)NC(=O)C(CC(=O)N4CCOCC4)NC(=O)N4CC[C@H](O)C4)O[C@@]3(C)[C@H]1C2. The normalized spacial score (nSPS) is 31.5. The number of β-amino-alcohol motifs (C(OH)–C–C–N with tert-alkyl or cyclic N) is 1. The molecule has 3 saturated heterocycles. The average Bonchev–Trinajstić information content (AvgIpc) is 3.63. The first-order valence-electron chi connectivity index (χ1n) is 16.8. The van der Waals surface area contributed by atoms with Gasteiger partial charge in [-0.1, -0.05) is 44.2 Å². The molecular weight excluding hydrogens is 575 g/mol. The number of nitrogens with zero attached hydrogens (tertiary/aromatic N) is 2. The van der Waals surface area contributed by atoms with Crippen LogP contribution in [0.3, 0.4) is 0 Å². The molecule has 3 heterocycles. The maximum atomic E-state index is 14.0. The largest absolute Gasteiger partial charge is 0.481 e. The zero-order valence-electron chi connectivity index (χ0n) is 26.9. The molecule has 1 aromatic carbocycles. The quantitative estimate of drug-likeness (QED) is 0.341.